The van der Waals surface area contributed by atoms with E-state index in [1.807, 2.05) is 36.9 Å². The van der Waals surface area contributed by atoms with Crippen LogP contribution >= 0.6 is 0 Å². The van der Waals surface area contributed by atoms with Crippen LogP contribution in [0.2, 0.25) is 0 Å². The summed E-state index contributed by atoms with van der Waals surface area (Å²) in [4.78, 5) is 4.37. The molecule has 0 amide bonds. The van der Waals surface area contributed by atoms with Crippen LogP contribution in [0.4, 0.5) is 10.3 Å². The van der Waals surface area contributed by atoms with E-state index < -0.39 is 0 Å². The third-order valence-electron chi connectivity index (χ3n) is 2.97. The van der Waals surface area contributed by atoms with Gasteiger partial charge in [-0.3, -0.25) is 0 Å². The lowest BCUT2D eigenvalue weighted by Crippen LogP contribution is -2.05. The number of nitrogens with one attached hydrogen (secondary N) is 1. The Morgan fingerprint density at radius 1 is 1.22 bits per heavy atom. The Morgan fingerprint density at radius 3 is 2.39 bits per heavy atom. The van der Waals surface area contributed by atoms with Gasteiger partial charge in [-0.25, -0.2) is 9.37 Å². The molecule has 1 aromatic heterocycles. The van der Waals surface area contributed by atoms with E-state index in [1.165, 1.54) is 0 Å². The Kier molecular flexibility index (Phi) is 3.36. The molecular weight excluding hydrogens is 229 g/mol. The molecule has 0 aliphatic heterocycles. The molecule has 0 saturated carbocycles. The van der Waals surface area contributed by atoms with Gasteiger partial charge in [-0.1, -0.05) is 12.1 Å². The van der Waals surface area contributed by atoms with Crippen LogP contribution in [0.25, 0.3) is 0 Å². The number of rotatable bonds is 3. The molecule has 4 heteroatoms. The van der Waals surface area contributed by atoms with E-state index in [0.29, 0.717) is 17.7 Å². The second kappa shape index (κ2) is 4.80. The third-order valence-corrected chi connectivity index (χ3v) is 2.97. The van der Waals surface area contributed by atoms with Crippen LogP contribution in [0.3, 0.4) is 0 Å². The van der Waals surface area contributed by atoms with Crippen molar-refractivity contribution < 1.29 is 4.39 Å². The molecule has 1 heterocycles. The van der Waals surface area contributed by atoms with Gasteiger partial charge in [0.25, 0.3) is 0 Å². The monoisotopic (exact) mass is 247 g/mol. The second-order valence-corrected chi connectivity index (χ2v) is 4.63. The summed E-state index contributed by atoms with van der Waals surface area (Å²) < 4.78 is 15.6. The Hall–Kier alpha value is -1.84. The molecule has 0 radical (unpaired) electrons. The van der Waals surface area contributed by atoms with Crippen molar-refractivity contribution in [3.05, 3.63) is 46.5 Å². The lowest BCUT2D eigenvalue weighted by atomic mass is 10.1. The van der Waals surface area contributed by atoms with Gasteiger partial charge in [-0.05, 0) is 37.5 Å². The maximum absolute atomic E-state index is 13.6. The fraction of sp³-hybridized carbons (Fsp3) is 0.357. The first kappa shape index (κ1) is 12.6. The summed E-state index contributed by atoms with van der Waals surface area (Å²) >= 11 is 0. The Bertz CT molecular complexity index is 549. The lowest BCUT2D eigenvalue weighted by Gasteiger charge is -2.10. The molecule has 0 aliphatic rings. The zero-order valence-corrected chi connectivity index (χ0v) is 11.2. The van der Waals surface area contributed by atoms with E-state index >= 15 is 0 Å². The number of anilines is 1. The fourth-order valence-corrected chi connectivity index (χ4v) is 2.19. The number of hydrogen-bond donors (Lipinski definition) is 1. The molecule has 0 aliphatic carbocycles. The van der Waals surface area contributed by atoms with Crippen LogP contribution in [0, 0.1) is 26.6 Å². The van der Waals surface area contributed by atoms with Crippen molar-refractivity contribution in [1.29, 1.82) is 0 Å². The molecule has 1 aromatic carbocycles. The summed E-state index contributed by atoms with van der Waals surface area (Å²) in [6.45, 7) is 6.24. The summed E-state index contributed by atoms with van der Waals surface area (Å²) in [6.07, 6.45) is 1.99. The molecule has 1 N–H and O–H groups in total. The average Bonchev–Trinajstić information content (AvgIpc) is 2.66. The topological polar surface area (TPSA) is 29.9 Å². The maximum atomic E-state index is 13.6. The quantitative estimate of drug-likeness (QED) is 0.903. The van der Waals surface area contributed by atoms with Crippen LogP contribution < -0.4 is 5.32 Å². The molecule has 96 valence electrons. The summed E-state index contributed by atoms with van der Waals surface area (Å²) in [6, 6.07) is 3.77. The third kappa shape index (κ3) is 2.37. The molecular formula is C14H18FN3. The Balaban J connectivity index is 2.34. The van der Waals surface area contributed by atoms with Crippen molar-refractivity contribution in [3.8, 4) is 0 Å². The highest BCUT2D eigenvalue weighted by atomic mass is 19.1. The molecule has 0 saturated heterocycles. The van der Waals surface area contributed by atoms with Gasteiger partial charge in [0.2, 0.25) is 5.95 Å². The largest absolute Gasteiger partial charge is 0.359 e. The van der Waals surface area contributed by atoms with Gasteiger partial charge in [-0.2, -0.15) is 0 Å². The number of imidazole rings is 1. The van der Waals surface area contributed by atoms with Crippen LogP contribution in [0.1, 0.15) is 22.4 Å². The first-order valence-electron chi connectivity index (χ1n) is 5.98. The van der Waals surface area contributed by atoms with Crippen molar-refractivity contribution in [2.24, 2.45) is 0 Å². The van der Waals surface area contributed by atoms with Gasteiger partial charge >= 0.3 is 0 Å². The number of benzene rings is 1. The van der Waals surface area contributed by atoms with E-state index in [2.05, 4.69) is 10.3 Å². The highest BCUT2D eigenvalue weighted by molar-refractivity contribution is 5.33. The van der Waals surface area contributed by atoms with Gasteiger partial charge in [0, 0.05) is 13.2 Å². The van der Waals surface area contributed by atoms with Crippen LogP contribution in [-0.2, 0) is 6.54 Å². The van der Waals surface area contributed by atoms with Crippen molar-refractivity contribution in [1.82, 2.24) is 9.55 Å². The number of halogens is 1. The maximum Gasteiger partial charge on any atom is 0.203 e. The molecule has 2 aromatic rings. The van der Waals surface area contributed by atoms with Crippen molar-refractivity contribution >= 4 is 5.95 Å². The minimum atomic E-state index is -0.116. The molecule has 2 rings (SSSR count). The number of hydrogen-bond acceptors (Lipinski definition) is 2. The normalized spacial score (nSPS) is 10.7. The van der Waals surface area contributed by atoms with Crippen molar-refractivity contribution in [2.45, 2.75) is 27.3 Å². The van der Waals surface area contributed by atoms with Crippen molar-refractivity contribution in [3.63, 3.8) is 0 Å². The summed E-state index contributed by atoms with van der Waals surface area (Å²) in [7, 11) is 1.85. The molecule has 0 atom stereocenters. The molecule has 0 bridgehead atoms. The van der Waals surface area contributed by atoms with Crippen LogP contribution in [-0.4, -0.2) is 16.6 Å². The zero-order chi connectivity index (χ0) is 13.3. The molecule has 0 unspecified atom stereocenters. The number of aromatic nitrogens is 2. The van der Waals surface area contributed by atoms with Gasteiger partial charge in [0.15, 0.2) is 0 Å². The standard InChI is InChI=1S/C14H18FN3/c1-9-5-12(6-10(2)13(9)15)8-18-7-11(3)17-14(18)16-4/h5-7H,8H2,1-4H3,(H,16,17). The Labute approximate surface area is 107 Å². The smallest absolute Gasteiger partial charge is 0.203 e. The highest BCUT2D eigenvalue weighted by Crippen LogP contribution is 2.17. The second-order valence-electron chi connectivity index (χ2n) is 4.63. The predicted octanol–water partition coefficient (Wildman–Crippen LogP) is 3.04. The minimum absolute atomic E-state index is 0.116. The van der Waals surface area contributed by atoms with E-state index in [0.717, 1.165) is 17.2 Å². The lowest BCUT2D eigenvalue weighted by molar-refractivity contribution is 0.607. The van der Waals surface area contributed by atoms with Gasteiger partial charge in [-0.15, -0.1) is 0 Å². The fourth-order valence-electron chi connectivity index (χ4n) is 2.19. The van der Waals surface area contributed by atoms with E-state index in [9.17, 15) is 4.39 Å². The van der Waals surface area contributed by atoms with Gasteiger partial charge < -0.3 is 9.88 Å². The van der Waals surface area contributed by atoms with E-state index in [4.69, 9.17) is 0 Å². The summed E-state index contributed by atoms with van der Waals surface area (Å²) in [5.74, 6) is 0.710. The molecule has 3 nitrogen and oxygen atoms in total. The van der Waals surface area contributed by atoms with Crippen molar-refractivity contribution in [2.75, 3.05) is 12.4 Å². The zero-order valence-electron chi connectivity index (χ0n) is 11.2. The van der Waals surface area contributed by atoms with Crippen LogP contribution in [0.5, 0.6) is 0 Å². The highest BCUT2D eigenvalue weighted by Gasteiger charge is 2.08. The van der Waals surface area contributed by atoms with Gasteiger partial charge in [0.1, 0.15) is 5.82 Å². The molecule has 18 heavy (non-hydrogen) atoms. The number of aryl methyl sites for hydroxylation is 3. The van der Waals surface area contributed by atoms with Crippen LogP contribution in [0.15, 0.2) is 18.3 Å². The first-order chi connectivity index (χ1) is 8.51. The molecule has 0 fully saturated rings. The number of nitrogens with zero attached hydrogens (tertiary/aromatic N) is 2. The summed E-state index contributed by atoms with van der Waals surface area (Å²) in [5, 5.41) is 3.06. The minimum Gasteiger partial charge on any atom is -0.359 e. The summed E-state index contributed by atoms with van der Waals surface area (Å²) in [5.41, 5.74) is 3.43. The predicted molar refractivity (Wildman–Crippen MR) is 71.5 cm³/mol. The average molecular weight is 247 g/mol. The first-order valence-corrected chi connectivity index (χ1v) is 5.98. The van der Waals surface area contributed by atoms with E-state index in [1.54, 1.807) is 13.8 Å². The van der Waals surface area contributed by atoms with E-state index in [-0.39, 0.29) is 5.82 Å². The van der Waals surface area contributed by atoms with Gasteiger partial charge in [0.05, 0.1) is 12.2 Å². The molecule has 0 spiro atoms. The Morgan fingerprint density at radius 2 is 1.83 bits per heavy atom. The SMILES string of the molecule is CNc1nc(C)cn1Cc1cc(C)c(F)c(C)c1.